The standard InChI is InChI=1S/C15H29NS2/c1-12(2)13-4-3-5-14(7-6-13)16-10-15-11-17-8-9-18-15/h12-16H,3-11H2,1-2H3. The SMILES string of the molecule is CC(C)C1CCCC(NCC2CSCCS2)CC1. The van der Waals surface area contributed by atoms with Gasteiger partial charge in [0.25, 0.3) is 0 Å². The van der Waals surface area contributed by atoms with Crippen molar-refractivity contribution >= 4 is 23.5 Å². The van der Waals surface area contributed by atoms with Gasteiger partial charge in [0.15, 0.2) is 0 Å². The van der Waals surface area contributed by atoms with Crippen molar-refractivity contribution in [3.05, 3.63) is 0 Å². The Bertz CT molecular complexity index is 227. The van der Waals surface area contributed by atoms with Crippen LogP contribution in [0.2, 0.25) is 0 Å². The maximum atomic E-state index is 3.86. The van der Waals surface area contributed by atoms with Crippen LogP contribution in [-0.2, 0) is 0 Å². The van der Waals surface area contributed by atoms with E-state index in [0.717, 1.165) is 23.1 Å². The van der Waals surface area contributed by atoms with Crippen molar-refractivity contribution in [3.63, 3.8) is 0 Å². The molecule has 2 aliphatic rings. The van der Waals surface area contributed by atoms with E-state index in [-0.39, 0.29) is 0 Å². The molecule has 1 aliphatic carbocycles. The molecule has 3 atom stereocenters. The second kappa shape index (κ2) is 8.06. The predicted molar refractivity (Wildman–Crippen MR) is 86.8 cm³/mol. The highest BCUT2D eigenvalue weighted by Gasteiger charge is 2.22. The van der Waals surface area contributed by atoms with Crippen LogP contribution in [0.1, 0.15) is 46.0 Å². The zero-order valence-electron chi connectivity index (χ0n) is 12.0. The molecule has 1 saturated heterocycles. The summed E-state index contributed by atoms with van der Waals surface area (Å²) in [5.74, 6) is 5.95. The Morgan fingerprint density at radius 1 is 1.11 bits per heavy atom. The molecule has 0 bridgehead atoms. The van der Waals surface area contributed by atoms with Crippen LogP contribution < -0.4 is 5.32 Å². The van der Waals surface area contributed by atoms with E-state index in [4.69, 9.17) is 0 Å². The van der Waals surface area contributed by atoms with Gasteiger partial charge in [0, 0.05) is 35.1 Å². The molecule has 0 amide bonds. The third-order valence-corrected chi connectivity index (χ3v) is 7.32. The summed E-state index contributed by atoms with van der Waals surface area (Å²) in [5.41, 5.74) is 0. The highest BCUT2D eigenvalue weighted by atomic mass is 32.2. The molecule has 2 fully saturated rings. The molecule has 1 saturated carbocycles. The summed E-state index contributed by atoms with van der Waals surface area (Å²) >= 11 is 4.32. The van der Waals surface area contributed by atoms with E-state index >= 15 is 0 Å². The zero-order chi connectivity index (χ0) is 12.8. The molecule has 1 heterocycles. The van der Waals surface area contributed by atoms with Gasteiger partial charge >= 0.3 is 0 Å². The minimum absolute atomic E-state index is 0.807. The molecule has 3 unspecified atom stereocenters. The van der Waals surface area contributed by atoms with Gasteiger partial charge in [-0.2, -0.15) is 23.5 Å². The van der Waals surface area contributed by atoms with E-state index in [1.54, 1.807) is 0 Å². The van der Waals surface area contributed by atoms with Gasteiger partial charge in [-0.15, -0.1) is 0 Å². The second-order valence-corrected chi connectivity index (χ2v) is 8.74. The highest BCUT2D eigenvalue weighted by Crippen LogP contribution is 2.29. The monoisotopic (exact) mass is 287 g/mol. The molecule has 18 heavy (non-hydrogen) atoms. The van der Waals surface area contributed by atoms with Gasteiger partial charge in [0.1, 0.15) is 0 Å². The summed E-state index contributed by atoms with van der Waals surface area (Å²) in [6.45, 7) is 6.04. The first-order chi connectivity index (χ1) is 8.75. The summed E-state index contributed by atoms with van der Waals surface area (Å²) in [5, 5.41) is 4.73. The summed E-state index contributed by atoms with van der Waals surface area (Å²) in [4.78, 5) is 0. The molecule has 3 heteroatoms. The van der Waals surface area contributed by atoms with E-state index in [1.807, 2.05) is 0 Å². The van der Waals surface area contributed by atoms with Gasteiger partial charge in [-0.1, -0.05) is 26.7 Å². The minimum Gasteiger partial charge on any atom is -0.313 e. The van der Waals surface area contributed by atoms with Crippen LogP contribution in [0.4, 0.5) is 0 Å². The summed E-state index contributed by atoms with van der Waals surface area (Å²) in [6.07, 6.45) is 7.17. The van der Waals surface area contributed by atoms with Gasteiger partial charge in [0.05, 0.1) is 0 Å². The van der Waals surface area contributed by atoms with Crippen molar-refractivity contribution in [1.29, 1.82) is 0 Å². The van der Waals surface area contributed by atoms with Crippen LogP contribution in [-0.4, -0.2) is 35.1 Å². The number of hydrogen-bond acceptors (Lipinski definition) is 3. The minimum atomic E-state index is 0.807. The van der Waals surface area contributed by atoms with Crippen LogP contribution in [0.3, 0.4) is 0 Å². The smallest absolute Gasteiger partial charge is 0.0263 e. The van der Waals surface area contributed by atoms with Gasteiger partial charge in [-0.25, -0.2) is 0 Å². The molecule has 1 nitrogen and oxygen atoms in total. The lowest BCUT2D eigenvalue weighted by molar-refractivity contribution is 0.338. The first-order valence-corrected chi connectivity index (χ1v) is 9.88. The molecule has 106 valence electrons. The Hall–Kier alpha value is 0.660. The fraction of sp³-hybridized carbons (Fsp3) is 1.00. The normalized spacial score (nSPS) is 34.5. The Balaban J connectivity index is 1.66. The fourth-order valence-electron chi connectivity index (χ4n) is 3.15. The van der Waals surface area contributed by atoms with Gasteiger partial charge in [-0.05, 0) is 31.1 Å². The third kappa shape index (κ3) is 4.97. The average Bonchev–Trinajstić information content (AvgIpc) is 2.63. The second-order valence-electron chi connectivity index (χ2n) is 6.19. The van der Waals surface area contributed by atoms with E-state index < -0.39 is 0 Å². The Morgan fingerprint density at radius 3 is 2.72 bits per heavy atom. The average molecular weight is 288 g/mol. The van der Waals surface area contributed by atoms with Crippen molar-refractivity contribution in [1.82, 2.24) is 5.32 Å². The molecule has 0 aromatic carbocycles. The number of rotatable bonds is 4. The maximum Gasteiger partial charge on any atom is 0.0263 e. The van der Waals surface area contributed by atoms with Crippen LogP contribution in [0.5, 0.6) is 0 Å². The Morgan fingerprint density at radius 2 is 2.00 bits per heavy atom. The van der Waals surface area contributed by atoms with Crippen LogP contribution >= 0.6 is 23.5 Å². The Labute approximate surface area is 122 Å². The van der Waals surface area contributed by atoms with E-state index in [0.29, 0.717) is 0 Å². The van der Waals surface area contributed by atoms with Crippen molar-refractivity contribution in [2.75, 3.05) is 23.8 Å². The van der Waals surface area contributed by atoms with E-state index in [2.05, 4.69) is 42.7 Å². The zero-order valence-corrected chi connectivity index (χ0v) is 13.6. The van der Waals surface area contributed by atoms with Crippen LogP contribution in [0.15, 0.2) is 0 Å². The molecule has 1 aliphatic heterocycles. The lowest BCUT2D eigenvalue weighted by Gasteiger charge is -2.24. The summed E-state index contributed by atoms with van der Waals surface area (Å²) in [6, 6.07) is 0.807. The lowest BCUT2D eigenvalue weighted by atomic mass is 9.89. The van der Waals surface area contributed by atoms with Crippen molar-refractivity contribution < 1.29 is 0 Å². The topological polar surface area (TPSA) is 12.0 Å². The third-order valence-electron chi connectivity index (χ3n) is 4.48. The molecule has 0 aromatic heterocycles. The largest absolute Gasteiger partial charge is 0.313 e. The molecular weight excluding hydrogens is 258 g/mol. The fourth-order valence-corrected chi connectivity index (χ4v) is 5.78. The molecule has 0 spiro atoms. The van der Waals surface area contributed by atoms with Gasteiger partial charge < -0.3 is 5.32 Å². The number of thioether (sulfide) groups is 2. The van der Waals surface area contributed by atoms with E-state index in [1.165, 1.54) is 55.9 Å². The molecule has 0 radical (unpaired) electrons. The maximum absolute atomic E-state index is 3.86. The van der Waals surface area contributed by atoms with E-state index in [9.17, 15) is 0 Å². The van der Waals surface area contributed by atoms with Gasteiger partial charge in [-0.3, -0.25) is 0 Å². The van der Waals surface area contributed by atoms with Crippen LogP contribution in [0, 0.1) is 11.8 Å². The quantitative estimate of drug-likeness (QED) is 0.784. The van der Waals surface area contributed by atoms with Crippen molar-refractivity contribution in [3.8, 4) is 0 Å². The van der Waals surface area contributed by atoms with Crippen molar-refractivity contribution in [2.24, 2.45) is 11.8 Å². The molecular formula is C15H29NS2. The first kappa shape index (κ1) is 15.1. The summed E-state index contributed by atoms with van der Waals surface area (Å²) in [7, 11) is 0. The summed E-state index contributed by atoms with van der Waals surface area (Å²) < 4.78 is 0. The van der Waals surface area contributed by atoms with Crippen molar-refractivity contribution in [2.45, 2.75) is 57.2 Å². The Kier molecular flexibility index (Phi) is 6.74. The van der Waals surface area contributed by atoms with Crippen LogP contribution in [0.25, 0.3) is 0 Å². The molecule has 2 rings (SSSR count). The lowest BCUT2D eigenvalue weighted by Crippen LogP contribution is -2.36. The number of hydrogen-bond donors (Lipinski definition) is 1. The number of nitrogens with one attached hydrogen (secondary N) is 1. The first-order valence-electron chi connectivity index (χ1n) is 7.68. The van der Waals surface area contributed by atoms with Gasteiger partial charge in [0.2, 0.25) is 0 Å². The highest BCUT2D eigenvalue weighted by molar-refractivity contribution is 8.06. The predicted octanol–water partition coefficient (Wildman–Crippen LogP) is 4.03. The molecule has 0 aromatic rings. The molecule has 1 N–H and O–H groups in total.